The summed E-state index contributed by atoms with van der Waals surface area (Å²) in [6.07, 6.45) is 5.89. The van der Waals surface area contributed by atoms with Gasteiger partial charge in [-0.05, 0) is 67.8 Å². The van der Waals surface area contributed by atoms with Crippen molar-refractivity contribution in [2.75, 3.05) is 13.2 Å². The summed E-state index contributed by atoms with van der Waals surface area (Å²) >= 11 is 0. The molecule has 1 amide bonds. The number of esters is 1. The van der Waals surface area contributed by atoms with Crippen LogP contribution in [0, 0.1) is 23.2 Å². The largest absolute Gasteiger partial charge is 0.456 e. The molecule has 5 aliphatic rings. The third-order valence-electron chi connectivity index (χ3n) is 8.55. The first-order valence-electron chi connectivity index (χ1n) is 12.5. The summed E-state index contributed by atoms with van der Waals surface area (Å²) in [5.41, 5.74) is 1.27. The number of Topliss-reactive ketones (excluding diaryl/α,β-unsaturated/α-hetero) is 1. The van der Waals surface area contributed by atoms with E-state index in [1.807, 2.05) is 12.1 Å². The SMILES string of the molecule is CC(C)c1ccc(C(=O)COC(=O)[C@@H]2CC(O)CN2C(=O)C23CC4CC(CC(C4)C2)C3)cc1. The number of hydrogen-bond donors (Lipinski definition) is 1. The Morgan fingerprint density at radius 2 is 1.58 bits per heavy atom. The molecular formula is C27H35NO5. The predicted molar refractivity (Wildman–Crippen MR) is 123 cm³/mol. The lowest BCUT2D eigenvalue weighted by molar-refractivity contribution is -0.165. The van der Waals surface area contributed by atoms with Gasteiger partial charge in [-0.3, -0.25) is 9.59 Å². The van der Waals surface area contributed by atoms with E-state index in [2.05, 4.69) is 13.8 Å². The van der Waals surface area contributed by atoms with Crippen LogP contribution in [0.1, 0.15) is 80.6 Å². The van der Waals surface area contributed by atoms with E-state index in [0.29, 0.717) is 29.2 Å². The lowest BCUT2D eigenvalue weighted by atomic mass is 9.49. The number of ether oxygens (including phenoxy) is 1. The minimum atomic E-state index is -0.809. The molecule has 1 N–H and O–H groups in total. The molecule has 1 aliphatic heterocycles. The summed E-state index contributed by atoms with van der Waals surface area (Å²) in [4.78, 5) is 40.8. The van der Waals surface area contributed by atoms with Crippen LogP contribution in [-0.2, 0) is 14.3 Å². The second-order valence-electron chi connectivity index (χ2n) is 11.4. The highest BCUT2D eigenvalue weighted by Crippen LogP contribution is 2.60. The molecule has 1 heterocycles. The average molecular weight is 454 g/mol. The van der Waals surface area contributed by atoms with Gasteiger partial charge in [-0.25, -0.2) is 4.79 Å². The van der Waals surface area contributed by atoms with Gasteiger partial charge in [-0.1, -0.05) is 38.1 Å². The molecule has 0 radical (unpaired) electrons. The van der Waals surface area contributed by atoms with Gasteiger partial charge in [0.2, 0.25) is 5.91 Å². The minimum absolute atomic E-state index is 0.0238. The number of ketones is 1. The van der Waals surface area contributed by atoms with Crippen LogP contribution in [-0.4, -0.2) is 53.0 Å². The fourth-order valence-electron chi connectivity index (χ4n) is 7.31. The van der Waals surface area contributed by atoms with E-state index in [1.54, 1.807) is 17.0 Å². The van der Waals surface area contributed by atoms with Crippen molar-refractivity contribution < 1.29 is 24.2 Å². The highest BCUT2D eigenvalue weighted by molar-refractivity contribution is 5.98. The molecule has 0 spiro atoms. The molecule has 6 rings (SSSR count). The predicted octanol–water partition coefficient (Wildman–Crippen LogP) is 3.71. The molecule has 1 aromatic carbocycles. The van der Waals surface area contributed by atoms with E-state index in [-0.39, 0.29) is 36.7 Å². The molecule has 1 unspecified atom stereocenters. The summed E-state index contributed by atoms with van der Waals surface area (Å²) < 4.78 is 5.37. The number of benzene rings is 1. The van der Waals surface area contributed by atoms with E-state index in [9.17, 15) is 19.5 Å². The average Bonchev–Trinajstić information content (AvgIpc) is 3.17. The molecule has 5 fully saturated rings. The molecule has 4 aliphatic carbocycles. The Morgan fingerprint density at radius 3 is 2.12 bits per heavy atom. The van der Waals surface area contributed by atoms with Crippen molar-refractivity contribution >= 4 is 17.7 Å². The number of likely N-dealkylation sites (tertiary alicyclic amines) is 1. The molecule has 4 bridgehead atoms. The maximum absolute atomic E-state index is 13.7. The number of hydrogen-bond acceptors (Lipinski definition) is 5. The van der Waals surface area contributed by atoms with E-state index in [4.69, 9.17) is 4.74 Å². The van der Waals surface area contributed by atoms with Crippen LogP contribution in [0.5, 0.6) is 0 Å². The molecule has 178 valence electrons. The van der Waals surface area contributed by atoms with Crippen LogP contribution < -0.4 is 0 Å². The number of carbonyl (C=O) groups excluding carboxylic acids is 3. The molecule has 6 nitrogen and oxygen atoms in total. The van der Waals surface area contributed by atoms with Crippen LogP contribution in [0.4, 0.5) is 0 Å². The van der Waals surface area contributed by atoms with Crippen molar-refractivity contribution in [3.63, 3.8) is 0 Å². The number of rotatable bonds is 6. The first kappa shape index (κ1) is 22.6. The minimum Gasteiger partial charge on any atom is -0.456 e. The van der Waals surface area contributed by atoms with Crippen LogP contribution in [0.2, 0.25) is 0 Å². The Kier molecular flexibility index (Phi) is 5.84. The van der Waals surface area contributed by atoms with Gasteiger partial charge in [0.15, 0.2) is 12.4 Å². The highest BCUT2D eigenvalue weighted by atomic mass is 16.5. The Bertz CT molecular complexity index is 901. The van der Waals surface area contributed by atoms with Crippen molar-refractivity contribution in [2.24, 2.45) is 23.2 Å². The second kappa shape index (κ2) is 8.53. The van der Waals surface area contributed by atoms with Crippen LogP contribution in [0.25, 0.3) is 0 Å². The smallest absolute Gasteiger partial charge is 0.329 e. The molecule has 4 saturated carbocycles. The van der Waals surface area contributed by atoms with Gasteiger partial charge < -0.3 is 14.7 Å². The molecule has 33 heavy (non-hydrogen) atoms. The van der Waals surface area contributed by atoms with E-state index < -0.39 is 18.1 Å². The first-order chi connectivity index (χ1) is 15.7. The number of nitrogens with zero attached hydrogens (tertiary/aromatic N) is 1. The third kappa shape index (κ3) is 4.23. The number of aliphatic hydroxyl groups is 1. The van der Waals surface area contributed by atoms with Gasteiger partial charge in [0.25, 0.3) is 0 Å². The fraction of sp³-hybridized carbons (Fsp3) is 0.667. The number of β-amino-alcohol motifs (C(OH)–C–C–N with tert-alkyl or cyclic N) is 1. The van der Waals surface area contributed by atoms with Gasteiger partial charge in [-0.2, -0.15) is 0 Å². The lowest BCUT2D eigenvalue weighted by Crippen LogP contribution is -2.56. The fourth-order valence-corrected chi connectivity index (χ4v) is 7.31. The van der Waals surface area contributed by atoms with Gasteiger partial charge in [0, 0.05) is 18.5 Å². The number of aliphatic hydroxyl groups excluding tert-OH is 1. The Hall–Kier alpha value is -2.21. The van der Waals surface area contributed by atoms with Crippen molar-refractivity contribution in [3.05, 3.63) is 35.4 Å². The maximum Gasteiger partial charge on any atom is 0.329 e. The van der Waals surface area contributed by atoms with Crippen molar-refractivity contribution in [3.8, 4) is 0 Å². The number of carbonyl (C=O) groups is 3. The van der Waals surface area contributed by atoms with Crippen molar-refractivity contribution in [2.45, 2.75) is 76.9 Å². The quantitative estimate of drug-likeness (QED) is 0.524. The second-order valence-corrected chi connectivity index (χ2v) is 11.4. The van der Waals surface area contributed by atoms with Crippen molar-refractivity contribution in [1.82, 2.24) is 4.90 Å². The maximum atomic E-state index is 13.7. The summed E-state index contributed by atoms with van der Waals surface area (Å²) in [5, 5.41) is 10.3. The number of amides is 1. The van der Waals surface area contributed by atoms with Crippen LogP contribution in [0.3, 0.4) is 0 Å². The summed E-state index contributed by atoms with van der Waals surface area (Å²) in [6, 6.07) is 6.54. The molecule has 2 atom stereocenters. The molecule has 1 aromatic rings. The van der Waals surface area contributed by atoms with Crippen LogP contribution in [0.15, 0.2) is 24.3 Å². The van der Waals surface area contributed by atoms with E-state index in [0.717, 1.165) is 24.8 Å². The van der Waals surface area contributed by atoms with Gasteiger partial charge in [-0.15, -0.1) is 0 Å². The summed E-state index contributed by atoms with van der Waals surface area (Å²) in [7, 11) is 0. The molecule has 6 heteroatoms. The monoisotopic (exact) mass is 453 g/mol. The molecule has 1 saturated heterocycles. The van der Waals surface area contributed by atoms with E-state index in [1.165, 1.54) is 19.3 Å². The van der Waals surface area contributed by atoms with Crippen LogP contribution >= 0.6 is 0 Å². The van der Waals surface area contributed by atoms with E-state index >= 15 is 0 Å². The summed E-state index contributed by atoms with van der Waals surface area (Å²) in [6.45, 7) is 3.99. The van der Waals surface area contributed by atoms with Crippen molar-refractivity contribution in [1.29, 1.82) is 0 Å². The normalized spacial score (nSPS) is 34.7. The Labute approximate surface area is 195 Å². The molecular weight excluding hydrogens is 418 g/mol. The topological polar surface area (TPSA) is 83.9 Å². The zero-order valence-corrected chi connectivity index (χ0v) is 19.7. The molecule has 0 aromatic heterocycles. The van der Waals surface area contributed by atoms with Gasteiger partial charge in [0.1, 0.15) is 6.04 Å². The third-order valence-corrected chi connectivity index (χ3v) is 8.55. The van der Waals surface area contributed by atoms with Gasteiger partial charge >= 0.3 is 5.97 Å². The lowest BCUT2D eigenvalue weighted by Gasteiger charge is -2.56. The Balaban J connectivity index is 1.24. The standard InChI is InChI=1S/C27H35NO5/c1-16(2)20-3-5-21(6-4-20)24(30)15-33-25(31)23-10-22(29)14-28(23)26(32)27-11-17-7-18(12-27)9-19(8-17)13-27/h3-6,16-19,22-23,29H,7-15H2,1-2H3/t17?,18?,19?,22?,23-,27?/m0/s1. The zero-order valence-electron chi connectivity index (χ0n) is 19.7. The van der Waals surface area contributed by atoms with Gasteiger partial charge in [0.05, 0.1) is 11.5 Å². The summed E-state index contributed by atoms with van der Waals surface area (Å²) in [5.74, 6) is 1.41. The zero-order chi connectivity index (χ0) is 23.3. The highest BCUT2D eigenvalue weighted by Gasteiger charge is 2.57. The Morgan fingerprint density at radius 1 is 1.00 bits per heavy atom. The first-order valence-corrected chi connectivity index (χ1v) is 12.5.